The molecule has 1 fully saturated rings. The fraction of sp³-hybridized carbons (Fsp3) is 0.556. The summed E-state index contributed by atoms with van der Waals surface area (Å²) in [7, 11) is 1.82. The van der Waals surface area contributed by atoms with Gasteiger partial charge in [-0.15, -0.1) is 0 Å². The van der Waals surface area contributed by atoms with E-state index >= 15 is 0 Å². The van der Waals surface area contributed by atoms with Gasteiger partial charge >= 0.3 is 0 Å². The summed E-state index contributed by atoms with van der Waals surface area (Å²) in [5, 5.41) is 8.79. The molecule has 0 aliphatic carbocycles. The molecule has 2 atom stereocenters. The molecule has 1 saturated heterocycles. The molecule has 4 heteroatoms. The Morgan fingerprint density at radius 3 is 2.86 bits per heavy atom. The Morgan fingerprint density at radius 1 is 1.45 bits per heavy atom. The van der Waals surface area contributed by atoms with Crippen LogP contribution in [0.1, 0.15) is 31.7 Å². The van der Waals surface area contributed by atoms with Crippen molar-refractivity contribution in [1.29, 1.82) is 5.26 Å². The quantitative estimate of drug-likeness (QED) is 0.840. The highest BCUT2D eigenvalue weighted by molar-refractivity contribution is 5.79. The number of rotatable bonds is 5. The zero-order valence-corrected chi connectivity index (χ0v) is 13.5. The van der Waals surface area contributed by atoms with Crippen LogP contribution in [0.5, 0.6) is 0 Å². The van der Waals surface area contributed by atoms with Gasteiger partial charge in [0.15, 0.2) is 0 Å². The second kappa shape index (κ2) is 7.95. The average Bonchev–Trinajstić information content (AvgIpc) is 2.55. The molecule has 0 aromatic heterocycles. The SMILES string of the molecule is CC(CC#N)N(C)C(=O)C1CCCN(Cc2ccccc2)C1. The molecule has 1 aliphatic heterocycles. The predicted octanol–water partition coefficient (Wildman–Crippen LogP) is 2.66. The van der Waals surface area contributed by atoms with Gasteiger partial charge in [0.1, 0.15) is 0 Å². The number of carbonyl (C=O) groups excluding carboxylic acids is 1. The highest BCUT2D eigenvalue weighted by Crippen LogP contribution is 2.21. The van der Waals surface area contributed by atoms with Gasteiger partial charge in [-0.3, -0.25) is 9.69 Å². The Hall–Kier alpha value is -1.86. The number of hydrogen-bond donors (Lipinski definition) is 0. The molecule has 0 N–H and O–H groups in total. The Balaban J connectivity index is 1.92. The third kappa shape index (κ3) is 4.32. The Labute approximate surface area is 133 Å². The maximum atomic E-state index is 12.6. The molecule has 0 saturated carbocycles. The second-order valence-electron chi connectivity index (χ2n) is 6.22. The van der Waals surface area contributed by atoms with E-state index in [1.807, 2.05) is 20.0 Å². The minimum absolute atomic E-state index is 0.0120. The zero-order chi connectivity index (χ0) is 15.9. The highest BCUT2D eigenvalue weighted by Gasteiger charge is 2.29. The van der Waals surface area contributed by atoms with Crippen LogP contribution in [0.15, 0.2) is 30.3 Å². The first-order valence-corrected chi connectivity index (χ1v) is 8.01. The first-order chi connectivity index (χ1) is 10.6. The summed E-state index contributed by atoms with van der Waals surface area (Å²) in [5.74, 6) is 0.240. The molecule has 4 nitrogen and oxygen atoms in total. The van der Waals surface area contributed by atoms with E-state index in [9.17, 15) is 4.79 Å². The summed E-state index contributed by atoms with van der Waals surface area (Å²) in [5.41, 5.74) is 1.29. The van der Waals surface area contributed by atoms with Crippen molar-refractivity contribution in [2.45, 2.75) is 38.8 Å². The lowest BCUT2D eigenvalue weighted by atomic mass is 9.95. The number of piperidine rings is 1. The molecule has 2 rings (SSSR count). The fourth-order valence-corrected chi connectivity index (χ4v) is 3.02. The van der Waals surface area contributed by atoms with Gasteiger partial charge in [-0.2, -0.15) is 5.26 Å². The monoisotopic (exact) mass is 299 g/mol. The van der Waals surface area contributed by atoms with Gasteiger partial charge < -0.3 is 4.90 Å². The fourth-order valence-electron chi connectivity index (χ4n) is 3.02. The van der Waals surface area contributed by atoms with Gasteiger partial charge in [-0.05, 0) is 31.9 Å². The van der Waals surface area contributed by atoms with Crippen molar-refractivity contribution in [2.75, 3.05) is 20.1 Å². The molecular weight excluding hydrogens is 274 g/mol. The van der Waals surface area contributed by atoms with E-state index in [-0.39, 0.29) is 17.9 Å². The molecule has 22 heavy (non-hydrogen) atoms. The summed E-state index contributed by atoms with van der Waals surface area (Å²) in [6.07, 6.45) is 2.40. The minimum Gasteiger partial charge on any atom is -0.342 e. The molecule has 1 amide bonds. The second-order valence-corrected chi connectivity index (χ2v) is 6.22. The van der Waals surface area contributed by atoms with Crippen molar-refractivity contribution < 1.29 is 4.79 Å². The number of hydrogen-bond acceptors (Lipinski definition) is 3. The Kier molecular flexibility index (Phi) is 5.97. The molecule has 118 valence electrons. The lowest BCUT2D eigenvalue weighted by Gasteiger charge is -2.35. The van der Waals surface area contributed by atoms with Crippen LogP contribution in [0.2, 0.25) is 0 Å². The molecule has 1 heterocycles. The van der Waals surface area contributed by atoms with Crippen LogP contribution >= 0.6 is 0 Å². The van der Waals surface area contributed by atoms with Gasteiger partial charge in [-0.1, -0.05) is 30.3 Å². The van der Waals surface area contributed by atoms with E-state index < -0.39 is 0 Å². The molecular formula is C18H25N3O. The lowest BCUT2D eigenvalue weighted by Crippen LogP contribution is -2.45. The lowest BCUT2D eigenvalue weighted by molar-refractivity contribution is -0.137. The van der Waals surface area contributed by atoms with E-state index in [0.29, 0.717) is 6.42 Å². The van der Waals surface area contributed by atoms with Gasteiger partial charge in [0.05, 0.1) is 18.4 Å². The first kappa shape index (κ1) is 16.5. The van der Waals surface area contributed by atoms with Gasteiger partial charge in [0.25, 0.3) is 0 Å². The standard InChI is InChI=1S/C18H25N3O/c1-15(10-11-19)20(2)18(22)17-9-6-12-21(14-17)13-16-7-4-3-5-8-16/h3-5,7-8,15,17H,6,9-10,12-14H2,1-2H3. The van der Waals surface area contributed by atoms with Crippen LogP contribution in [0.4, 0.5) is 0 Å². The number of likely N-dealkylation sites (tertiary alicyclic amines) is 1. The molecule has 0 bridgehead atoms. The van der Waals surface area contributed by atoms with Crippen LogP contribution < -0.4 is 0 Å². The third-order valence-corrected chi connectivity index (χ3v) is 4.50. The van der Waals surface area contributed by atoms with E-state index in [4.69, 9.17) is 5.26 Å². The van der Waals surface area contributed by atoms with Crippen LogP contribution in [-0.4, -0.2) is 41.9 Å². The Morgan fingerprint density at radius 2 is 2.18 bits per heavy atom. The molecule has 1 aromatic rings. The van der Waals surface area contributed by atoms with E-state index in [0.717, 1.165) is 32.5 Å². The molecule has 1 aromatic carbocycles. The Bertz CT molecular complexity index is 523. The molecule has 1 aliphatic rings. The summed E-state index contributed by atoms with van der Waals surface area (Å²) in [4.78, 5) is 16.7. The van der Waals surface area contributed by atoms with Crippen molar-refractivity contribution in [3.63, 3.8) is 0 Å². The normalized spacial score (nSPS) is 20.1. The van der Waals surface area contributed by atoms with E-state index in [2.05, 4.69) is 35.2 Å². The van der Waals surface area contributed by atoms with Crippen molar-refractivity contribution in [1.82, 2.24) is 9.80 Å². The van der Waals surface area contributed by atoms with Crippen molar-refractivity contribution in [3.05, 3.63) is 35.9 Å². The third-order valence-electron chi connectivity index (χ3n) is 4.50. The number of nitrogens with zero attached hydrogens (tertiary/aromatic N) is 3. The van der Waals surface area contributed by atoms with Crippen molar-refractivity contribution in [3.8, 4) is 6.07 Å². The van der Waals surface area contributed by atoms with Gasteiger partial charge in [-0.25, -0.2) is 0 Å². The maximum Gasteiger partial charge on any atom is 0.226 e. The number of nitriles is 1. The zero-order valence-electron chi connectivity index (χ0n) is 13.5. The molecule has 0 spiro atoms. The predicted molar refractivity (Wildman–Crippen MR) is 86.9 cm³/mol. The summed E-state index contributed by atoms with van der Waals surface area (Å²) >= 11 is 0. The van der Waals surface area contributed by atoms with Crippen LogP contribution in [-0.2, 0) is 11.3 Å². The summed E-state index contributed by atoms with van der Waals surface area (Å²) < 4.78 is 0. The first-order valence-electron chi connectivity index (χ1n) is 8.01. The van der Waals surface area contributed by atoms with Crippen LogP contribution in [0, 0.1) is 17.2 Å². The highest BCUT2D eigenvalue weighted by atomic mass is 16.2. The number of carbonyl (C=O) groups is 1. The number of amides is 1. The average molecular weight is 299 g/mol. The summed E-state index contributed by atoms with van der Waals surface area (Å²) in [6.45, 7) is 4.71. The van der Waals surface area contributed by atoms with Gasteiger partial charge in [0, 0.05) is 26.2 Å². The topological polar surface area (TPSA) is 47.3 Å². The molecule has 0 radical (unpaired) electrons. The van der Waals surface area contributed by atoms with E-state index in [1.165, 1.54) is 5.56 Å². The minimum atomic E-state index is -0.0120. The van der Waals surface area contributed by atoms with Crippen LogP contribution in [0.25, 0.3) is 0 Å². The maximum absolute atomic E-state index is 12.6. The molecule has 2 unspecified atom stereocenters. The largest absolute Gasteiger partial charge is 0.342 e. The number of benzene rings is 1. The smallest absolute Gasteiger partial charge is 0.226 e. The van der Waals surface area contributed by atoms with Crippen LogP contribution in [0.3, 0.4) is 0 Å². The van der Waals surface area contributed by atoms with Crippen molar-refractivity contribution >= 4 is 5.91 Å². The van der Waals surface area contributed by atoms with E-state index in [1.54, 1.807) is 4.90 Å². The van der Waals surface area contributed by atoms with Gasteiger partial charge in [0.2, 0.25) is 5.91 Å². The van der Waals surface area contributed by atoms with Crippen molar-refractivity contribution in [2.24, 2.45) is 5.92 Å². The summed E-state index contributed by atoms with van der Waals surface area (Å²) in [6, 6.07) is 12.5.